The van der Waals surface area contributed by atoms with Gasteiger partial charge in [0.2, 0.25) is 5.91 Å². The van der Waals surface area contributed by atoms with E-state index < -0.39 is 0 Å². The van der Waals surface area contributed by atoms with E-state index in [4.69, 9.17) is 0 Å². The van der Waals surface area contributed by atoms with Crippen molar-refractivity contribution in [2.45, 2.75) is 38.3 Å². The molecule has 1 fully saturated rings. The smallest absolute Gasteiger partial charge is 0.273 e. The first-order valence-corrected chi connectivity index (χ1v) is 9.19. The monoisotopic (exact) mass is 354 g/mol. The Bertz CT molecular complexity index is 958. The van der Waals surface area contributed by atoms with Gasteiger partial charge in [0.1, 0.15) is 22.5 Å². The number of amides is 1. The molecule has 1 amide bonds. The first kappa shape index (κ1) is 16.0. The van der Waals surface area contributed by atoms with Crippen LogP contribution in [0, 0.1) is 0 Å². The molecule has 0 unspecified atom stereocenters. The molecule has 128 valence electrons. The lowest BCUT2D eigenvalue weighted by atomic mass is 10.1. The molecule has 1 saturated carbocycles. The van der Waals surface area contributed by atoms with Crippen LogP contribution in [0.5, 0.6) is 0 Å². The fourth-order valence-electron chi connectivity index (χ4n) is 3.25. The van der Waals surface area contributed by atoms with Crippen molar-refractivity contribution >= 4 is 27.7 Å². The summed E-state index contributed by atoms with van der Waals surface area (Å²) < 4.78 is 6.24. The molecule has 0 radical (unpaired) electrons. The highest BCUT2D eigenvalue weighted by atomic mass is 32.1. The molecule has 0 atom stereocenters. The molecule has 2 aromatic heterocycles. The summed E-state index contributed by atoms with van der Waals surface area (Å²) in [7, 11) is 0. The third kappa shape index (κ3) is 3.19. The number of hydrogen-bond donors (Lipinski definition) is 1. The normalized spacial score (nSPS) is 14.9. The number of hydrogen-bond acceptors (Lipinski definition) is 5. The number of aromatic nitrogens is 3. The minimum atomic E-state index is -0.216. The number of nitrogens with zero attached hydrogens (tertiary/aromatic N) is 3. The van der Waals surface area contributed by atoms with Crippen molar-refractivity contribution in [2.24, 2.45) is 0 Å². The van der Waals surface area contributed by atoms with Crippen LogP contribution >= 0.6 is 11.5 Å². The molecular weight excluding hydrogens is 336 g/mol. The first-order chi connectivity index (χ1) is 12.2. The maximum Gasteiger partial charge on any atom is 0.273 e. The van der Waals surface area contributed by atoms with Crippen molar-refractivity contribution in [3.05, 3.63) is 47.0 Å². The second-order valence-corrected chi connectivity index (χ2v) is 7.07. The average molecular weight is 354 g/mol. The van der Waals surface area contributed by atoms with Gasteiger partial charge >= 0.3 is 0 Å². The van der Waals surface area contributed by atoms with Gasteiger partial charge in [0.15, 0.2) is 0 Å². The molecular formula is C18H18N4O2S. The predicted octanol–water partition coefficient (Wildman–Crippen LogP) is 2.58. The third-order valence-corrected chi connectivity index (χ3v) is 5.35. The highest BCUT2D eigenvalue weighted by molar-refractivity contribution is 7.13. The lowest BCUT2D eigenvalue weighted by Crippen LogP contribution is -2.37. The average Bonchev–Trinajstić information content (AvgIpc) is 3.28. The van der Waals surface area contributed by atoms with E-state index in [1.807, 2.05) is 30.3 Å². The molecule has 25 heavy (non-hydrogen) atoms. The Hall–Kier alpha value is -2.54. The van der Waals surface area contributed by atoms with Crippen LogP contribution in [-0.4, -0.2) is 25.9 Å². The van der Waals surface area contributed by atoms with Crippen LogP contribution in [-0.2, 0) is 11.3 Å². The van der Waals surface area contributed by atoms with Crippen LogP contribution in [0.25, 0.3) is 21.5 Å². The fraction of sp³-hybridized carbons (Fsp3) is 0.333. The fourth-order valence-corrected chi connectivity index (χ4v) is 4.06. The second kappa shape index (κ2) is 6.76. The third-order valence-electron chi connectivity index (χ3n) is 4.53. The number of carbonyl (C=O) groups excluding carboxylic acids is 1. The molecule has 1 N–H and O–H groups in total. The zero-order valence-corrected chi connectivity index (χ0v) is 14.5. The van der Waals surface area contributed by atoms with Gasteiger partial charge in [0.05, 0.1) is 6.33 Å². The Morgan fingerprint density at radius 2 is 2.00 bits per heavy atom. The maximum absolute atomic E-state index is 12.7. The Kier molecular flexibility index (Phi) is 4.31. The van der Waals surface area contributed by atoms with Crippen LogP contribution in [0.15, 0.2) is 41.5 Å². The summed E-state index contributed by atoms with van der Waals surface area (Å²) in [5, 5.41) is 3.00. The standard InChI is InChI=1S/C18H18N4O2S/c23-14(20-13-8-4-5-9-13)10-22-11-19-16-15(12-6-2-1-3-7-12)21-25-17(16)18(22)24/h1-3,6-7,11,13H,4-5,8-10H2,(H,20,23). The van der Waals surface area contributed by atoms with Crippen molar-refractivity contribution in [1.29, 1.82) is 0 Å². The van der Waals surface area contributed by atoms with Crippen LogP contribution < -0.4 is 10.9 Å². The Balaban J connectivity index is 1.60. The van der Waals surface area contributed by atoms with Gasteiger partial charge in [0, 0.05) is 11.6 Å². The SMILES string of the molecule is O=C(Cn1cnc2c(-c3ccccc3)nsc2c1=O)NC1CCCC1. The molecule has 4 rings (SSSR count). The second-order valence-electron chi connectivity index (χ2n) is 6.30. The summed E-state index contributed by atoms with van der Waals surface area (Å²) in [5.74, 6) is -0.136. The van der Waals surface area contributed by atoms with Gasteiger partial charge in [-0.2, -0.15) is 4.37 Å². The van der Waals surface area contributed by atoms with Gasteiger partial charge in [-0.15, -0.1) is 0 Å². The van der Waals surface area contributed by atoms with E-state index in [2.05, 4.69) is 14.7 Å². The molecule has 0 aliphatic heterocycles. The summed E-state index contributed by atoms with van der Waals surface area (Å²) in [6.07, 6.45) is 5.79. The van der Waals surface area contributed by atoms with Crippen LogP contribution in [0.1, 0.15) is 25.7 Å². The highest BCUT2D eigenvalue weighted by Gasteiger charge is 2.19. The Morgan fingerprint density at radius 1 is 1.24 bits per heavy atom. The minimum Gasteiger partial charge on any atom is -0.352 e. The molecule has 3 aromatic rings. The first-order valence-electron chi connectivity index (χ1n) is 8.42. The van der Waals surface area contributed by atoms with Gasteiger partial charge in [-0.05, 0) is 24.4 Å². The van der Waals surface area contributed by atoms with Crippen LogP contribution in [0.2, 0.25) is 0 Å². The number of nitrogens with one attached hydrogen (secondary N) is 1. The molecule has 1 aliphatic rings. The number of benzene rings is 1. The quantitative estimate of drug-likeness (QED) is 0.781. The van der Waals surface area contributed by atoms with E-state index in [0.29, 0.717) is 15.9 Å². The molecule has 2 heterocycles. The summed E-state index contributed by atoms with van der Waals surface area (Å²) in [5.41, 5.74) is 2.01. The van der Waals surface area contributed by atoms with E-state index >= 15 is 0 Å². The van der Waals surface area contributed by atoms with E-state index in [0.717, 1.165) is 42.8 Å². The van der Waals surface area contributed by atoms with Gasteiger partial charge in [-0.25, -0.2) is 4.98 Å². The van der Waals surface area contributed by atoms with Gasteiger partial charge in [-0.1, -0.05) is 43.2 Å². The topological polar surface area (TPSA) is 76.9 Å². The zero-order chi connectivity index (χ0) is 17.2. The summed E-state index contributed by atoms with van der Waals surface area (Å²) in [6, 6.07) is 9.91. The number of fused-ring (bicyclic) bond motifs is 1. The lowest BCUT2D eigenvalue weighted by molar-refractivity contribution is -0.122. The predicted molar refractivity (Wildman–Crippen MR) is 97.5 cm³/mol. The summed E-state index contributed by atoms with van der Waals surface area (Å²) in [6.45, 7) is -0.00313. The molecule has 0 bridgehead atoms. The summed E-state index contributed by atoms with van der Waals surface area (Å²) in [4.78, 5) is 29.2. The van der Waals surface area contributed by atoms with Crippen LogP contribution in [0.3, 0.4) is 0 Å². The van der Waals surface area contributed by atoms with Crippen molar-refractivity contribution in [3.63, 3.8) is 0 Å². The van der Waals surface area contributed by atoms with Gasteiger partial charge in [-0.3, -0.25) is 14.2 Å². The van der Waals surface area contributed by atoms with Gasteiger partial charge < -0.3 is 5.32 Å². The maximum atomic E-state index is 12.7. The molecule has 6 nitrogen and oxygen atoms in total. The Labute approximate surface area is 148 Å². The van der Waals surface area contributed by atoms with Gasteiger partial charge in [0.25, 0.3) is 5.56 Å². The van der Waals surface area contributed by atoms with Crippen molar-refractivity contribution in [2.75, 3.05) is 0 Å². The molecule has 1 aromatic carbocycles. The number of carbonyl (C=O) groups is 1. The van der Waals surface area contributed by atoms with E-state index in [1.165, 1.54) is 10.9 Å². The minimum absolute atomic E-state index is 0.00313. The molecule has 0 spiro atoms. The van der Waals surface area contributed by atoms with E-state index in [-0.39, 0.29) is 24.1 Å². The largest absolute Gasteiger partial charge is 0.352 e. The molecule has 1 aliphatic carbocycles. The molecule has 7 heteroatoms. The lowest BCUT2D eigenvalue weighted by Gasteiger charge is -2.12. The van der Waals surface area contributed by atoms with E-state index in [9.17, 15) is 9.59 Å². The van der Waals surface area contributed by atoms with Crippen molar-refractivity contribution in [3.8, 4) is 11.3 Å². The molecule has 0 saturated heterocycles. The van der Waals surface area contributed by atoms with E-state index in [1.54, 1.807) is 0 Å². The highest BCUT2D eigenvalue weighted by Crippen LogP contribution is 2.26. The van der Waals surface area contributed by atoms with Crippen molar-refractivity contribution < 1.29 is 4.79 Å². The zero-order valence-electron chi connectivity index (χ0n) is 13.6. The number of rotatable bonds is 4. The summed E-state index contributed by atoms with van der Waals surface area (Å²) >= 11 is 1.13. The van der Waals surface area contributed by atoms with Crippen LogP contribution in [0.4, 0.5) is 0 Å². The van der Waals surface area contributed by atoms with Crippen molar-refractivity contribution in [1.82, 2.24) is 19.2 Å². The Morgan fingerprint density at radius 3 is 2.76 bits per heavy atom.